The van der Waals surface area contributed by atoms with Crippen LogP contribution in [-0.4, -0.2) is 18.0 Å². The maximum absolute atomic E-state index is 13.5. The molecule has 1 rings (SSSR count). The molecule has 1 aromatic carbocycles. The minimum Gasteiger partial charge on any atom is -0.194 e. The largest absolute Gasteiger partial charge is 0.460 e. The van der Waals surface area contributed by atoms with Gasteiger partial charge in [-0.3, -0.25) is 0 Å². The van der Waals surface area contributed by atoms with Gasteiger partial charge in [0.05, 0.1) is 0 Å². The molecule has 0 aliphatic heterocycles. The molecular formula is C12H9F9. The number of rotatable bonds is 4. The van der Waals surface area contributed by atoms with Gasteiger partial charge in [-0.25, -0.2) is 0 Å². The zero-order chi connectivity index (χ0) is 16.7. The van der Waals surface area contributed by atoms with Gasteiger partial charge in [0.2, 0.25) is 0 Å². The molecule has 0 atom stereocenters. The number of halogens is 9. The fraction of sp³-hybridized carbons (Fsp3) is 0.500. The standard InChI is InChI=1S/C12H9F9/c1-2-7-3-5-8(6-4-7)9(13,14)10(15,16)11(17,18)12(19,20)21/h3-6H,2H2,1H3. The van der Waals surface area contributed by atoms with Crippen LogP contribution in [0, 0.1) is 0 Å². The Morgan fingerprint density at radius 1 is 0.714 bits per heavy atom. The molecule has 0 saturated heterocycles. The minimum absolute atomic E-state index is 0.348. The second-order valence-electron chi connectivity index (χ2n) is 4.27. The first-order valence-corrected chi connectivity index (χ1v) is 5.58. The summed E-state index contributed by atoms with van der Waals surface area (Å²) < 4.78 is 114. The van der Waals surface area contributed by atoms with Crippen LogP contribution in [0.25, 0.3) is 0 Å². The van der Waals surface area contributed by atoms with Crippen molar-refractivity contribution in [3.05, 3.63) is 35.4 Å². The van der Waals surface area contributed by atoms with Crippen LogP contribution in [0.15, 0.2) is 24.3 Å². The summed E-state index contributed by atoms with van der Waals surface area (Å²) in [4.78, 5) is 0. The van der Waals surface area contributed by atoms with Crippen molar-refractivity contribution in [2.75, 3.05) is 0 Å². The first-order valence-electron chi connectivity index (χ1n) is 5.58. The van der Waals surface area contributed by atoms with Gasteiger partial charge in [0.1, 0.15) is 0 Å². The minimum atomic E-state index is -6.87. The summed E-state index contributed by atoms with van der Waals surface area (Å²) in [5.41, 5.74) is -1.19. The predicted molar refractivity (Wildman–Crippen MR) is 55.7 cm³/mol. The van der Waals surface area contributed by atoms with Crippen molar-refractivity contribution >= 4 is 0 Å². The second-order valence-corrected chi connectivity index (χ2v) is 4.27. The fourth-order valence-electron chi connectivity index (χ4n) is 1.51. The second kappa shape index (κ2) is 5.10. The molecule has 0 saturated carbocycles. The van der Waals surface area contributed by atoms with Crippen molar-refractivity contribution in [3.8, 4) is 0 Å². The van der Waals surface area contributed by atoms with E-state index in [4.69, 9.17) is 0 Å². The van der Waals surface area contributed by atoms with Crippen LogP contribution < -0.4 is 0 Å². The molecule has 21 heavy (non-hydrogen) atoms. The summed E-state index contributed by atoms with van der Waals surface area (Å²) in [5, 5.41) is 0. The van der Waals surface area contributed by atoms with Crippen LogP contribution in [0.4, 0.5) is 39.5 Å². The van der Waals surface area contributed by atoms with E-state index in [1.165, 1.54) is 0 Å². The van der Waals surface area contributed by atoms with Crippen molar-refractivity contribution in [3.63, 3.8) is 0 Å². The molecule has 0 fully saturated rings. The predicted octanol–water partition coefficient (Wildman–Crippen LogP) is 5.17. The molecule has 0 aliphatic rings. The highest BCUT2D eigenvalue weighted by atomic mass is 19.4. The summed E-state index contributed by atoms with van der Waals surface area (Å²) >= 11 is 0. The van der Waals surface area contributed by atoms with Gasteiger partial charge >= 0.3 is 23.9 Å². The normalized spacial score (nSPS) is 14.4. The van der Waals surface area contributed by atoms with E-state index in [0.717, 1.165) is 12.1 Å². The Balaban J connectivity index is 3.32. The molecule has 1 aromatic rings. The Morgan fingerprint density at radius 3 is 1.48 bits per heavy atom. The van der Waals surface area contributed by atoms with Gasteiger partial charge in [-0.1, -0.05) is 31.2 Å². The Bertz CT molecular complexity index is 484. The van der Waals surface area contributed by atoms with Crippen molar-refractivity contribution in [2.45, 2.75) is 37.3 Å². The third-order valence-corrected chi connectivity index (χ3v) is 2.87. The average Bonchev–Trinajstić information content (AvgIpc) is 2.37. The van der Waals surface area contributed by atoms with Crippen molar-refractivity contribution in [2.24, 2.45) is 0 Å². The van der Waals surface area contributed by atoms with Gasteiger partial charge in [0.15, 0.2) is 0 Å². The molecule has 120 valence electrons. The Labute approximate surface area is 113 Å². The quantitative estimate of drug-likeness (QED) is 0.670. The van der Waals surface area contributed by atoms with Crippen LogP contribution >= 0.6 is 0 Å². The number of aryl methyl sites for hydroxylation is 1. The SMILES string of the molecule is CCc1ccc(C(F)(F)C(F)(F)C(F)(F)C(F)(F)F)cc1. The van der Waals surface area contributed by atoms with E-state index in [-0.39, 0.29) is 0 Å². The number of hydrogen-bond acceptors (Lipinski definition) is 0. The maximum Gasteiger partial charge on any atom is 0.460 e. The highest BCUT2D eigenvalue weighted by Gasteiger charge is 2.81. The summed E-state index contributed by atoms with van der Waals surface area (Å²) in [7, 11) is 0. The number of alkyl halides is 9. The fourth-order valence-corrected chi connectivity index (χ4v) is 1.51. The summed E-state index contributed by atoms with van der Waals surface area (Å²) in [6.07, 6.45) is -6.45. The van der Waals surface area contributed by atoms with Gasteiger partial charge in [0, 0.05) is 5.56 Å². The van der Waals surface area contributed by atoms with Gasteiger partial charge in [0.25, 0.3) is 0 Å². The zero-order valence-electron chi connectivity index (χ0n) is 10.4. The summed E-state index contributed by atoms with van der Waals surface area (Å²) in [6.45, 7) is 1.61. The maximum atomic E-state index is 13.5. The van der Waals surface area contributed by atoms with E-state index < -0.39 is 29.5 Å². The average molecular weight is 324 g/mol. The lowest BCUT2D eigenvalue weighted by Crippen LogP contribution is -2.59. The summed E-state index contributed by atoms with van der Waals surface area (Å²) in [5.74, 6) is -19.2. The smallest absolute Gasteiger partial charge is 0.194 e. The molecule has 0 heterocycles. The summed E-state index contributed by atoms with van der Waals surface area (Å²) in [6, 6.07) is 2.70. The monoisotopic (exact) mass is 324 g/mol. The lowest BCUT2D eigenvalue weighted by Gasteiger charge is -2.33. The zero-order valence-corrected chi connectivity index (χ0v) is 10.4. The van der Waals surface area contributed by atoms with E-state index in [2.05, 4.69) is 0 Å². The lowest BCUT2D eigenvalue weighted by molar-refractivity contribution is -0.399. The molecule has 0 N–H and O–H groups in total. The van der Waals surface area contributed by atoms with Crippen LogP contribution in [0.5, 0.6) is 0 Å². The Hall–Kier alpha value is -1.41. The van der Waals surface area contributed by atoms with E-state index in [1.807, 2.05) is 0 Å². The van der Waals surface area contributed by atoms with Crippen molar-refractivity contribution in [1.82, 2.24) is 0 Å². The molecule has 0 aromatic heterocycles. The molecule has 0 spiro atoms. The van der Waals surface area contributed by atoms with Crippen molar-refractivity contribution < 1.29 is 39.5 Å². The molecule has 0 aliphatic carbocycles. The third kappa shape index (κ3) is 2.69. The van der Waals surface area contributed by atoms with Gasteiger partial charge in [-0.05, 0) is 12.0 Å². The number of benzene rings is 1. The van der Waals surface area contributed by atoms with Crippen LogP contribution in [0.3, 0.4) is 0 Å². The molecule has 0 nitrogen and oxygen atoms in total. The van der Waals surface area contributed by atoms with E-state index >= 15 is 0 Å². The molecule has 0 bridgehead atoms. The van der Waals surface area contributed by atoms with E-state index in [0.29, 0.717) is 24.1 Å². The molecule has 0 amide bonds. The highest BCUT2D eigenvalue weighted by Crippen LogP contribution is 2.56. The van der Waals surface area contributed by atoms with Crippen molar-refractivity contribution in [1.29, 1.82) is 0 Å². The van der Waals surface area contributed by atoms with Crippen LogP contribution in [0.2, 0.25) is 0 Å². The highest BCUT2D eigenvalue weighted by molar-refractivity contribution is 5.28. The topological polar surface area (TPSA) is 0 Å². The van der Waals surface area contributed by atoms with Crippen LogP contribution in [-0.2, 0) is 12.3 Å². The van der Waals surface area contributed by atoms with E-state index in [1.54, 1.807) is 6.92 Å². The molecular weight excluding hydrogens is 315 g/mol. The first-order chi connectivity index (χ1) is 9.29. The Kier molecular flexibility index (Phi) is 4.28. The van der Waals surface area contributed by atoms with Gasteiger partial charge < -0.3 is 0 Å². The number of hydrogen-bond donors (Lipinski definition) is 0. The van der Waals surface area contributed by atoms with E-state index in [9.17, 15) is 39.5 Å². The first kappa shape index (κ1) is 17.6. The van der Waals surface area contributed by atoms with Crippen LogP contribution in [0.1, 0.15) is 18.1 Å². The molecule has 0 unspecified atom stereocenters. The van der Waals surface area contributed by atoms with Gasteiger partial charge in [-0.15, -0.1) is 0 Å². The molecule has 9 heteroatoms. The third-order valence-electron chi connectivity index (χ3n) is 2.87. The Morgan fingerprint density at radius 2 is 1.14 bits per heavy atom. The molecule has 0 radical (unpaired) electrons. The van der Waals surface area contributed by atoms with Gasteiger partial charge in [-0.2, -0.15) is 39.5 Å². The lowest BCUT2D eigenvalue weighted by atomic mass is 9.96.